The third-order valence-corrected chi connectivity index (χ3v) is 5.01. The molecule has 0 bridgehead atoms. The number of rotatable bonds is 18. The Labute approximate surface area is 187 Å². The van der Waals surface area contributed by atoms with Gasteiger partial charge >= 0.3 is 29.6 Å². The molecule has 26 heavy (non-hydrogen) atoms. The van der Waals surface area contributed by atoms with E-state index >= 15 is 0 Å². The van der Waals surface area contributed by atoms with Gasteiger partial charge in [-0.3, -0.25) is 0 Å². The van der Waals surface area contributed by atoms with Crippen LogP contribution in [0.5, 0.6) is 5.75 Å². The van der Waals surface area contributed by atoms with Crippen LogP contribution in [0.3, 0.4) is 0 Å². The first-order valence-corrected chi connectivity index (χ1v) is 11.1. The molecule has 1 rings (SSSR count). The molecule has 0 fully saturated rings. The average molecular weight is 371 g/mol. The molecule has 0 aliphatic carbocycles. The van der Waals surface area contributed by atoms with Crippen LogP contribution in [0, 0.1) is 0 Å². The summed E-state index contributed by atoms with van der Waals surface area (Å²) in [5.41, 5.74) is 0. The summed E-state index contributed by atoms with van der Waals surface area (Å²) in [6, 6.07) is 10.2. The Hall–Kier alpha value is 0.0200. The van der Waals surface area contributed by atoms with Crippen molar-refractivity contribution < 1.29 is 35.7 Å². The predicted octanol–water partition coefficient (Wildman–Crippen LogP) is 5.44. The minimum Gasteiger partial charge on any atom is -1.00 e. The van der Waals surface area contributed by atoms with Gasteiger partial charge in [-0.25, -0.2) is 0 Å². The maximum absolute atomic E-state index is 5.73. The molecule has 1 aromatic carbocycles. The number of benzene rings is 1. The van der Waals surface area contributed by atoms with E-state index in [2.05, 4.69) is 6.92 Å². The van der Waals surface area contributed by atoms with Crippen LogP contribution in [0.2, 0.25) is 0 Å². The summed E-state index contributed by atoms with van der Waals surface area (Å²) in [6.45, 7) is 3.16. The molecular formula is C24H43NaO. The van der Waals surface area contributed by atoms with Gasteiger partial charge in [0.05, 0.1) is 6.61 Å². The molecule has 0 saturated carbocycles. The van der Waals surface area contributed by atoms with Gasteiger partial charge in [-0.2, -0.15) is 0 Å². The summed E-state index contributed by atoms with van der Waals surface area (Å²) in [4.78, 5) is 0. The van der Waals surface area contributed by atoms with E-state index in [1.807, 2.05) is 30.3 Å². The van der Waals surface area contributed by atoms with Crippen LogP contribution in [-0.2, 0) is 0 Å². The number of ether oxygens (including phenoxy) is 1. The summed E-state index contributed by atoms with van der Waals surface area (Å²) in [5.74, 6) is 1.00. The normalized spacial score (nSPS) is 10.5. The third kappa shape index (κ3) is 17.4. The molecule has 0 unspecified atom stereocenters. The summed E-state index contributed by atoms with van der Waals surface area (Å²) >= 11 is 0. The SMILES string of the molecule is CCCCCCCCCCCCCCCCCCOc1ccccc1.[H-].[Na+]. The van der Waals surface area contributed by atoms with Crippen LogP contribution in [0.25, 0.3) is 0 Å². The third-order valence-electron chi connectivity index (χ3n) is 5.01. The van der Waals surface area contributed by atoms with Gasteiger partial charge in [-0.1, -0.05) is 121 Å². The van der Waals surface area contributed by atoms with E-state index in [4.69, 9.17) is 4.74 Å². The Bertz CT molecular complexity index is 372. The molecule has 0 amide bonds. The van der Waals surface area contributed by atoms with E-state index in [-0.39, 0.29) is 31.0 Å². The van der Waals surface area contributed by atoms with Crippen molar-refractivity contribution in [3.8, 4) is 5.75 Å². The van der Waals surface area contributed by atoms with Crippen molar-refractivity contribution in [2.45, 2.75) is 110 Å². The molecule has 0 aliphatic rings. The summed E-state index contributed by atoms with van der Waals surface area (Å²) in [5, 5.41) is 0. The molecule has 0 spiro atoms. The Kier molecular flexibility index (Phi) is 21.3. The molecular weight excluding hydrogens is 327 g/mol. The zero-order valence-electron chi connectivity index (χ0n) is 18.8. The summed E-state index contributed by atoms with van der Waals surface area (Å²) in [7, 11) is 0. The standard InChI is InChI=1S/C24H42O.Na.H/c1-2-3-4-5-6-7-8-9-10-11-12-13-14-15-16-20-23-25-24-21-18-17-19-22-24;;/h17-19,21-22H,2-16,20,23H2,1H3;;/q;+1;-1. The first-order chi connectivity index (χ1) is 12.4. The van der Waals surface area contributed by atoms with E-state index < -0.39 is 0 Å². The van der Waals surface area contributed by atoms with E-state index in [0.29, 0.717) is 0 Å². The van der Waals surface area contributed by atoms with Gasteiger partial charge in [0.25, 0.3) is 0 Å². The van der Waals surface area contributed by atoms with Crippen LogP contribution in [-0.4, -0.2) is 6.61 Å². The zero-order chi connectivity index (χ0) is 17.8. The van der Waals surface area contributed by atoms with Crippen molar-refractivity contribution in [3.63, 3.8) is 0 Å². The van der Waals surface area contributed by atoms with Crippen molar-refractivity contribution in [1.29, 1.82) is 0 Å². The van der Waals surface area contributed by atoms with Gasteiger partial charge in [0.15, 0.2) is 0 Å². The molecule has 0 N–H and O–H groups in total. The maximum atomic E-state index is 5.73. The largest absolute Gasteiger partial charge is 1.00 e. The van der Waals surface area contributed by atoms with Crippen LogP contribution >= 0.6 is 0 Å². The topological polar surface area (TPSA) is 9.23 Å². The molecule has 1 nitrogen and oxygen atoms in total. The minimum atomic E-state index is 0. The molecule has 0 saturated heterocycles. The Morgan fingerprint density at radius 3 is 1.38 bits per heavy atom. The van der Waals surface area contributed by atoms with Gasteiger partial charge in [0.2, 0.25) is 0 Å². The first-order valence-electron chi connectivity index (χ1n) is 11.1. The Morgan fingerprint density at radius 2 is 0.962 bits per heavy atom. The zero-order valence-corrected chi connectivity index (χ0v) is 19.8. The van der Waals surface area contributed by atoms with Gasteiger partial charge in [0, 0.05) is 0 Å². The second-order valence-electron chi connectivity index (χ2n) is 7.46. The van der Waals surface area contributed by atoms with Gasteiger partial charge < -0.3 is 6.16 Å². The second kappa shape index (κ2) is 21.3. The quantitative estimate of drug-likeness (QED) is 0.247. The number of unbranched alkanes of at least 4 members (excludes halogenated alkanes) is 15. The second-order valence-corrected chi connectivity index (χ2v) is 7.46. The molecule has 0 atom stereocenters. The average Bonchev–Trinajstić information content (AvgIpc) is 2.65. The monoisotopic (exact) mass is 370 g/mol. The Morgan fingerprint density at radius 1 is 0.577 bits per heavy atom. The van der Waals surface area contributed by atoms with Crippen LogP contribution in [0.15, 0.2) is 30.3 Å². The molecule has 0 aliphatic heterocycles. The first kappa shape index (κ1) is 26.0. The molecule has 2 heteroatoms. The van der Waals surface area contributed by atoms with E-state index in [0.717, 1.165) is 12.4 Å². The van der Waals surface area contributed by atoms with Gasteiger partial charge in [-0.05, 0) is 18.6 Å². The fourth-order valence-electron chi connectivity index (χ4n) is 3.36. The number of hydrogen-bond acceptors (Lipinski definition) is 1. The van der Waals surface area contributed by atoms with Crippen molar-refractivity contribution >= 4 is 0 Å². The van der Waals surface area contributed by atoms with Crippen LogP contribution in [0.1, 0.15) is 111 Å². The van der Waals surface area contributed by atoms with E-state index in [9.17, 15) is 0 Å². The van der Waals surface area contributed by atoms with E-state index in [1.54, 1.807) is 0 Å². The van der Waals surface area contributed by atoms with Crippen molar-refractivity contribution in [3.05, 3.63) is 30.3 Å². The molecule has 0 heterocycles. The van der Waals surface area contributed by atoms with Crippen molar-refractivity contribution in [2.75, 3.05) is 6.61 Å². The molecule has 0 radical (unpaired) electrons. The van der Waals surface area contributed by atoms with Crippen LogP contribution in [0.4, 0.5) is 0 Å². The maximum Gasteiger partial charge on any atom is 1.00 e. The summed E-state index contributed by atoms with van der Waals surface area (Å²) < 4.78 is 5.73. The predicted molar refractivity (Wildman–Crippen MR) is 113 cm³/mol. The molecule has 0 aromatic heterocycles. The van der Waals surface area contributed by atoms with E-state index in [1.165, 1.54) is 103 Å². The van der Waals surface area contributed by atoms with Crippen LogP contribution < -0.4 is 34.3 Å². The Balaban J connectivity index is 0. The minimum absolute atomic E-state index is 0. The fourth-order valence-corrected chi connectivity index (χ4v) is 3.36. The van der Waals surface area contributed by atoms with Crippen molar-refractivity contribution in [1.82, 2.24) is 0 Å². The number of hydrogen-bond donors (Lipinski definition) is 0. The summed E-state index contributed by atoms with van der Waals surface area (Å²) in [6.07, 6.45) is 22.6. The molecule has 146 valence electrons. The molecule has 1 aromatic rings. The van der Waals surface area contributed by atoms with Gasteiger partial charge in [-0.15, -0.1) is 0 Å². The van der Waals surface area contributed by atoms with Gasteiger partial charge in [0.1, 0.15) is 5.75 Å². The number of para-hydroxylation sites is 1. The smallest absolute Gasteiger partial charge is 1.00 e. The van der Waals surface area contributed by atoms with Crippen molar-refractivity contribution in [2.24, 2.45) is 0 Å². The fraction of sp³-hybridized carbons (Fsp3) is 0.750.